The van der Waals surface area contributed by atoms with Crippen LogP contribution < -0.4 is 69.0 Å². The third kappa shape index (κ3) is 24.4. The van der Waals surface area contributed by atoms with Crippen LogP contribution in [0.25, 0.3) is 0 Å². The molecule has 0 aromatic heterocycles. The molecule has 0 bridgehead atoms. The van der Waals surface area contributed by atoms with Crippen LogP contribution in [-0.2, 0) is 9.59 Å². The average Bonchev–Trinajstić information content (AvgIpc) is 2.43. The molecular weight excluding hydrogens is 402 g/mol. The number of nitriles is 1. The minimum atomic E-state index is -0.956. The van der Waals surface area contributed by atoms with Gasteiger partial charge >= 0.3 is 58.2 Å². The number of nitrogens with zero attached hydrogens (tertiary/aromatic N) is 1. The van der Waals surface area contributed by atoms with Crippen molar-refractivity contribution in [3.63, 3.8) is 0 Å². The van der Waals surface area contributed by atoms with Gasteiger partial charge in [0.25, 0.3) is 0 Å². The summed E-state index contributed by atoms with van der Waals surface area (Å²) in [6.45, 7) is 10.6. The second kappa shape index (κ2) is 20.1. The van der Waals surface area contributed by atoms with Crippen LogP contribution in [0.15, 0.2) is 0 Å². The molecule has 26 heavy (non-hydrogen) atoms. The van der Waals surface area contributed by atoms with Crippen LogP contribution in [0, 0.1) is 35.0 Å². The number of hydrogen-bond donors (Lipinski definition) is 1. The molecule has 4 atom stereocenters. The van der Waals surface area contributed by atoms with Crippen molar-refractivity contribution in [3.05, 3.63) is 0 Å². The van der Waals surface area contributed by atoms with E-state index in [-0.39, 0.29) is 76.3 Å². The fraction of sp³-hybridized carbons (Fsp3) is 0.850. The molecule has 0 aliphatic rings. The second-order valence-electron chi connectivity index (χ2n) is 7.65. The van der Waals surface area contributed by atoms with Gasteiger partial charge in [0.15, 0.2) is 0 Å². The normalized spacial score (nSPS) is 14.5. The van der Waals surface area contributed by atoms with Gasteiger partial charge in [0.2, 0.25) is 0 Å². The quantitative estimate of drug-likeness (QED) is 0.464. The van der Waals surface area contributed by atoms with E-state index < -0.39 is 5.97 Å². The van der Waals surface area contributed by atoms with Crippen molar-refractivity contribution in [1.29, 1.82) is 5.26 Å². The molecule has 0 saturated heterocycles. The van der Waals surface area contributed by atoms with Crippen LogP contribution in [-0.4, -0.2) is 18.3 Å². The summed E-state index contributed by atoms with van der Waals surface area (Å²) in [5, 5.41) is 18.6. The van der Waals surface area contributed by atoms with Crippen LogP contribution in [0.5, 0.6) is 0 Å². The van der Waals surface area contributed by atoms with Gasteiger partial charge in [-0.1, -0.05) is 27.7 Å². The predicted octanol–water partition coefficient (Wildman–Crippen LogP) is 0.0731. The van der Waals surface area contributed by atoms with Crippen LogP contribution in [0.3, 0.4) is 0 Å². The number of carbonyl (C=O) groups excluding carboxylic acids is 2. The number of hydrogen-bond acceptors (Lipinski definition) is 5. The van der Waals surface area contributed by atoms with Crippen LogP contribution >= 0.6 is 0 Å². The summed E-state index contributed by atoms with van der Waals surface area (Å²) in [6.07, 6.45) is 5.38. The smallest absolute Gasteiger partial charge is 0.550 e. The number of Topliss-reactive ketones (excluding diaryl/α,β-unsaturated/α-hetero) is 1. The van der Waals surface area contributed by atoms with Gasteiger partial charge in [0.1, 0.15) is 5.78 Å². The maximum atomic E-state index is 10.8. The van der Waals surface area contributed by atoms with Gasteiger partial charge in [-0.15, -0.1) is 0 Å². The second-order valence-corrected chi connectivity index (χ2v) is 7.65. The Labute approximate surface area is 209 Å². The van der Waals surface area contributed by atoms with E-state index in [0.29, 0.717) is 37.1 Å². The van der Waals surface area contributed by atoms with Gasteiger partial charge in [0.05, 0.1) is 6.07 Å². The van der Waals surface area contributed by atoms with E-state index in [0.717, 1.165) is 25.7 Å². The first kappa shape index (κ1) is 31.1. The Hall–Kier alpha value is 0.395. The molecule has 146 valence electrons. The topological polar surface area (TPSA) is 107 Å². The standard InChI is InChI=1S/C11H19NO.C9H19NO2.Rb/c1-9(5-4-6-12)7-10(2)8-11(3)13;1-7(3-4-10)5-8(2)6-9(11)12;/h9-10H,4-5,7-8H2,1-3H3;7-8H,3-6,10H2,1-2H3,(H,11,12);/q;;+1/p-1/t9-,10-;7-,8-;/m11./s1. The molecule has 0 aromatic carbocycles. The molecule has 0 heterocycles. The Kier molecular flexibility index (Phi) is 24.1. The van der Waals surface area contributed by atoms with Gasteiger partial charge in [-0.3, -0.25) is 0 Å². The molecule has 5 nitrogen and oxygen atoms in total. The van der Waals surface area contributed by atoms with Crippen LogP contribution in [0.4, 0.5) is 0 Å². The van der Waals surface area contributed by atoms with E-state index in [4.69, 9.17) is 11.0 Å². The molecule has 2 N–H and O–H groups in total. The molecule has 0 rings (SSSR count). The summed E-state index contributed by atoms with van der Waals surface area (Å²) in [6, 6.07) is 2.15. The van der Waals surface area contributed by atoms with Crippen molar-refractivity contribution >= 4 is 11.8 Å². The Bertz CT molecular complexity index is 410. The van der Waals surface area contributed by atoms with E-state index in [1.54, 1.807) is 6.92 Å². The van der Waals surface area contributed by atoms with E-state index in [1.165, 1.54) is 0 Å². The summed E-state index contributed by atoms with van der Waals surface area (Å²) in [5.41, 5.74) is 5.38. The van der Waals surface area contributed by atoms with E-state index in [1.807, 2.05) is 6.92 Å². The molecular formula is C20H37N2O3Rb. The molecule has 6 heteroatoms. The van der Waals surface area contributed by atoms with Crippen molar-refractivity contribution < 1.29 is 72.9 Å². The van der Waals surface area contributed by atoms with Gasteiger partial charge in [-0.2, -0.15) is 5.26 Å². The molecule has 0 saturated carbocycles. The van der Waals surface area contributed by atoms with Gasteiger partial charge < -0.3 is 20.4 Å². The third-order valence-corrected chi connectivity index (χ3v) is 4.17. The fourth-order valence-electron chi connectivity index (χ4n) is 3.15. The summed E-state index contributed by atoms with van der Waals surface area (Å²) in [7, 11) is 0. The molecule has 0 spiro atoms. The molecule has 0 aliphatic heterocycles. The number of carboxylic acids is 1. The van der Waals surface area contributed by atoms with Crippen LogP contribution in [0.2, 0.25) is 0 Å². The molecule has 0 aliphatic carbocycles. The van der Waals surface area contributed by atoms with Gasteiger partial charge in [0, 0.05) is 18.8 Å². The fourth-order valence-corrected chi connectivity index (χ4v) is 3.15. The van der Waals surface area contributed by atoms with E-state index in [9.17, 15) is 14.7 Å². The Morgan fingerprint density at radius 3 is 1.81 bits per heavy atom. The average molecular weight is 439 g/mol. The minimum Gasteiger partial charge on any atom is -0.550 e. The monoisotopic (exact) mass is 438 g/mol. The van der Waals surface area contributed by atoms with Crippen molar-refractivity contribution in [2.75, 3.05) is 6.54 Å². The third-order valence-electron chi connectivity index (χ3n) is 4.17. The van der Waals surface area contributed by atoms with E-state index >= 15 is 0 Å². The Balaban J connectivity index is -0.000000393. The van der Waals surface area contributed by atoms with Gasteiger partial charge in [-0.05, 0) is 69.2 Å². The van der Waals surface area contributed by atoms with Gasteiger partial charge in [-0.25, -0.2) is 0 Å². The summed E-state index contributed by atoms with van der Waals surface area (Å²) in [4.78, 5) is 21.0. The first-order valence-electron chi connectivity index (χ1n) is 9.38. The molecule has 0 fully saturated rings. The van der Waals surface area contributed by atoms with Crippen molar-refractivity contribution in [2.45, 2.75) is 79.6 Å². The first-order valence-corrected chi connectivity index (χ1v) is 9.38. The molecule has 0 aromatic rings. The Morgan fingerprint density at radius 2 is 1.42 bits per heavy atom. The minimum absolute atomic E-state index is 0. The SMILES string of the molecule is CC(=O)C[C@H](C)C[C@H](C)CCC#N.C[C@H](CCN)C[C@@H](C)CC(=O)[O-].[Rb+]. The number of carboxylic acid groups (broad SMARTS) is 1. The molecule has 0 amide bonds. The number of nitrogens with two attached hydrogens (primary N) is 1. The zero-order chi connectivity index (χ0) is 19.8. The zero-order valence-corrected chi connectivity index (χ0v) is 22.6. The number of aliphatic carboxylic acids is 1. The largest absolute Gasteiger partial charge is 1.00 e. The summed E-state index contributed by atoms with van der Waals surface area (Å²) in [5.74, 6) is 1.06. The zero-order valence-electron chi connectivity index (χ0n) is 17.7. The maximum Gasteiger partial charge on any atom is 1.00 e. The molecule has 0 radical (unpaired) electrons. The first-order chi connectivity index (χ1) is 11.6. The number of rotatable bonds is 12. The van der Waals surface area contributed by atoms with E-state index in [2.05, 4.69) is 26.8 Å². The van der Waals surface area contributed by atoms with Crippen molar-refractivity contribution in [2.24, 2.45) is 29.4 Å². The number of carbonyl (C=O) groups is 2. The predicted molar refractivity (Wildman–Crippen MR) is 99.3 cm³/mol. The summed E-state index contributed by atoms with van der Waals surface area (Å²) < 4.78 is 0. The summed E-state index contributed by atoms with van der Waals surface area (Å²) >= 11 is 0. The van der Waals surface area contributed by atoms with Crippen molar-refractivity contribution in [3.8, 4) is 6.07 Å². The maximum absolute atomic E-state index is 10.8. The van der Waals surface area contributed by atoms with Crippen LogP contribution in [0.1, 0.15) is 79.6 Å². The van der Waals surface area contributed by atoms with Crippen molar-refractivity contribution in [1.82, 2.24) is 0 Å². The number of ketones is 1. The molecule has 0 unspecified atom stereocenters. The Morgan fingerprint density at radius 1 is 0.962 bits per heavy atom.